The van der Waals surface area contributed by atoms with Gasteiger partial charge in [0.15, 0.2) is 0 Å². The Labute approximate surface area is 147 Å². The molecule has 0 unspecified atom stereocenters. The van der Waals surface area contributed by atoms with E-state index in [2.05, 4.69) is 0 Å². The third-order valence-corrected chi connectivity index (χ3v) is 4.11. The smallest absolute Gasteiger partial charge is 0.331 e. The number of nitrogens with zero attached hydrogens (tertiary/aromatic N) is 2. The molecule has 0 atom stereocenters. The SMILES string of the molecule is O=C(NO)c1ccc(Cn2c(=O)n(CCO)c(=O)c3ccccc32)cc1. The minimum atomic E-state index is -0.629. The lowest BCUT2D eigenvalue weighted by Crippen LogP contribution is -2.41. The van der Waals surface area contributed by atoms with Crippen molar-refractivity contribution in [2.24, 2.45) is 0 Å². The van der Waals surface area contributed by atoms with Gasteiger partial charge in [-0.2, -0.15) is 0 Å². The second-order valence-corrected chi connectivity index (χ2v) is 5.70. The van der Waals surface area contributed by atoms with Gasteiger partial charge in [0.1, 0.15) is 0 Å². The lowest BCUT2D eigenvalue weighted by molar-refractivity contribution is 0.0706. The molecule has 8 heteroatoms. The predicted molar refractivity (Wildman–Crippen MR) is 94.4 cm³/mol. The van der Waals surface area contributed by atoms with E-state index >= 15 is 0 Å². The van der Waals surface area contributed by atoms with E-state index < -0.39 is 17.2 Å². The number of aromatic nitrogens is 2. The maximum absolute atomic E-state index is 12.7. The number of amides is 1. The molecule has 8 nitrogen and oxygen atoms in total. The molecule has 0 spiro atoms. The van der Waals surface area contributed by atoms with Crippen molar-refractivity contribution in [3.63, 3.8) is 0 Å². The molecule has 0 saturated heterocycles. The van der Waals surface area contributed by atoms with Gasteiger partial charge in [-0.05, 0) is 29.8 Å². The summed E-state index contributed by atoms with van der Waals surface area (Å²) in [6.07, 6.45) is 0. The predicted octanol–water partition coefficient (Wildman–Crippen LogP) is 0.323. The van der Waals surface area contributed by atoms with Crippen LogP contribution in [0.2, 0.25) is 0 Å². The Hall–Kier alpha value is -3.23. The fourth-order valence-electron chi connectivity index (χ4n) is 2.83. The number of rotatable bonds is 5. The Morgan fingerprint density at radius 3 is 2.35 bits per heavy atom. The summed E-state index contributed by atoms with van der Waals surface area (Å²) in [5, 5.41) is 18.2. The molecule has 3 aromatic rings. The van der Waals surface area contributed by atoms with Crippen LogP contribution in [0.15, 0.2) is 58.1 Å². The molecule has 0 aliphatic rings. The van der Waals surface area contributed by atoms with Crippen molar-refractivity contribution >= 4 is 16.8 Å². The van der Waals surface area contributed by atoms with Gasteiger partial charge in [-0.3, -0.25) is 23.9 Å². The summed E-state index contributed by atoms with van der Waals surface area (Å²) in [7, 11) is 0. The number of hydrogen-bond acceptors (Lipinski definition) is 5. The van der Waals surface area contributed by atoms with Gasteiger partial charge in [0.25, 0.3) is 11.5 Å². The summed E-state index contributed by atoms with van der Waals surface area (Å²) in [5.41, 5.74) is 2.11. The van der Waals surface area contributed by atoms with Crippen LogP contribution in [-0.4, -0.2) is 32.0 Å². The number of para-hydroxylation sites is 1. The van der Waals surface area contributed by atoms with Gasteiger partial charge in [-0.1, -0.05) is 24.3 Å². The Kier molecular flexibility index (Phi) is 4.97. The van der Waals surface area contributed by atoms with Gasteiger partial charge in [0.2, 0.25) is 0 Å². The number of fused-ring (bicyclic) bond motifs is 1. The summed E-state index contributed by atoms with van der Waals surface area (Å²) in [4.78, 5) is 36.6. The Morgan fingerprint density at radius 2 is 1.69 bits per heavy atom. The molecule has 0 aliphatic carbocycles. The maximum Gasteiger partial charge on any atom is 0.331 e. The molecular formula is C18H17N3O5. The molecule has 0 fully saturated rings. The van der Waals surface area contributed by atoms with Gasteiger partial charge in [0.05, 0.1) is 30.6 Å². The fourth-order valence-corrected chi connectivity index (χ4v) is 2.83. The van der Waals surface area contributed by atoms with Crippen molar-refractivity contribution in [3.8, 4) is 0 Å². The third kappa shape index (κ3) is 3.15. The number of aliphatic hydroxyl groups is 1. The van der Waals surface area contributed by atoms with Crippen LogP contribution in [0.3, 0.4) is 0 Å². The largest absolute Gasteiger partial charge is 0.395 e. The molecule has 0 aliphatic heterocycles. The highest BCUT2D eigenvalue weighted by atomic mass is 16.5. The van der Waals surface area contributed by atoms with Crippen LogP contribution in [0.1, 0.15) is 15.9 Å². The van der Waals surface area contributed by atoms with Crippen molar-refractivity contribution in [2.75, 3.05) is 6.61 Å². The standard InChI is InChI=1S/C18H17N3O5/c22-10-9-20-17(24)14-3-1-2-4-15(14)21(18(20)25)11-12-5-7-13(8-6-12)16(23)19-26/h1-8,22,26H,9-11H2,(H,19,23). The molecule has 1 aromatic heterocycles. The first-order valence-corrected chi connectivity index (χ1v) is 7.93. The van der Waals surface area contributed by atoms with Crippen LogP contribution in [-0.2, 0) is 13.1 Å². The van der Waals surface area contributed by atoms with E-state index in [-0.39, 0.29) is 25.3 Å². The molecule has 3 rings (SSSR count). The zero-order chi connectivity index (χ0) is 18.7. The Bertz CT molecular complexity index is 1070. The van der Waals surface area contributed by atoms with Gasteiger partial charge < -0.3 is 5.11 Å². The van der Waals surface area contributed by atoms with Gasteiger partial charge in [-0.15, -0.1) is 0 Å². The second-order valence-electron chi connectivity index (χ2n) is 5.70. The summed E-state index contributed by atoms with van der Waals surface area (Å²) in [6, 6.07) is 13.1. The molecule has 1 heterocycles. The van der Waals surface area contributed by atoms with Crippen molar-refractivity contribution < 1.29 is 15.1 Å². The first-order valence-electron chi connectivity index (χ1n) is 7.93. The highest BCUT2D eigenvalue weighted by molar-refractivity contribution is 5.93. The normalized spacial score (nSPS) is 10.8. The second kappa shape index (κ2) is 7.34. The van der Waals surface area contributed by atoms with E-state index in [1.54, 1.807) is 41.9 Å². The van der Waals surface area contributed by atoms with E-state index in [1.165, 1.54) is 16.7 Å². The summed E-state index contributed by atoms with van der Waals surface area (Å²) >= 11 is 0. The van der Waals surface area contributed by atoms with E-state index in [1.807, 2.05) is 0 Å². The molecule has 3 N–H and O–H groups in total. The lowest BCUT2D eigenvalue weighted by atomic mass is 10.1. The van der Waals surface area contributed by atoms with E-state index in [0.717, 1.165) is 10.1 Å². The molecule has 2 aromatic carbocycles. The molecule has 1 amide bonds. The molecule has 0 saturated carbocycles. The van der Waals surface area contributed by atoms with Crippen molar-refractivity contribution in [3.05, 3.63) is 80.5 Å². The quantitative estimate of drug-likeness (QED) is 0.451. The van der Waals surface area contributed by atoms with Crippen LogP contribution < -0.4 is 16.7 Å². The zero-order valence-electron chi connectivity index (χ0n) is 13.8. The van der Waals surface area contributed by atoms with Crippen LogP contribution in [0.5, 0.6) is 0 Å². The highest BCUT2D eigenvalue weighted by Crippen LogP contribution is 2.11. The first-order chi connectivity index (χ1) is 12.6. The number of carbonyl (C=O) groups excluding carboxylic acids is 1. The number of carbonyl (C=O) groups is 1. The van der Waals surface area contributed by atoms with Gasteiger partial charge in [-0.25, -0.2) is 10.3 Å². The lowest BCUT2D eigenvalue weighted by Gasteiger charge is -2.14. The Balaban J connectivity index is 2.11. The molecule has 26 heavy (non-hydrogen) atoms. The molecule has 0 radical (unpaired) electrons. The number of hydroxylamine groups is 1. The molecule has 0 bridgehead atoms. The van der Waals surface area contributed by atoms with Crippen molar-refractivity contribution in [1.29, 1.82) is 0 Å². The number of hydrogen-bond donors (Lipinski definition) is 3. The average molecular weight is 355 g/mol. The van der Waals surface area contributed by atoms with Crippen LogP contribution in [0.25, 0.3) is 10.9 Å². The first kappa shape index (κ1) is 17.6. The molecular weight excluding hydrogens is 338 g/mol. The Morgan fingerprint density at radius 1 is 1.00 bits per heavy atom. The van der Waals surface area contributed by atoms with Crippen molar-refractivity contribution in [1.82, 2.24) is 14.6 Å². The third-order valence-electron chi connectivity index (χ3n) is 4.11. The van der Waals surface area contributed by atoms with Crippen LogP contribution in [0, 0.1) is 0 Å². The van der Waals surface area contributed by atoms with Crippen LogP contribution >= 0.6 is 0 Å². The maximum atomic E-state index is 12.7. The summed E-state index contributed by atoms with van der Waals surface area (Å²) in [5.74, 6) is -0.629. The number of nitrogens with one attached hydrogen (secondary N) is 1. The van der Waals surface area contributed by atoms with Crippen LogP contribution in [0.4, 0.5) is 0 Å². The molecule has 134 valence electrons. The summed E-state index contributed by atoms with van der Waals surface area (Å²) < 4.78 is 2.46. The van der Waals surface area contributed by atoms with E-state index in [0.29, 0.717) is 10.9 Å². The number of benzene rings is 2. The minimum Gasteiger partial charge on any atom is -0.395 e. The average Bonchev–Trinajstić information content (AvgIpc) is 2.68. The highest BCUT2D eigenvalue weighted by Gasteiger charge is 2.13. The van der Waals surface area contributed by atoms with Gasteiger partial charge >= 0.3 is 5.69 Å². The topological polar surface area (TPSA) is 114 Å². The van der Waals surface area contributed by atoms with E-state index in [4.69, 9.17) is 10.3 Å². The van der Waals surface area contributed by atoms with Gasteiger partial charge in [0, 0.05) is 5.56 Å². The monoisotopic (exact) mass is 355 g/mol. The number of aliphatic hydroxyl groups excluding tert-OH is 1. The minimum absolute atomic E-state index is 0.0852. The fraction of sp³-hybridized carbons (Fsp3) is 0.167. The van der Waals surface area contributed by atoms with E-state index in [9.17, 15) is 14.4 Å². The summed E-state index contributed by atoms with van der Waals surface area (Å²) in [6.45, 7) is -0.220. The zero-order valence-corrected chi connectivity index (χ0v) is 13.8. The van der Waals surface area contributed by atoms with Crippen molar-refractivity contribution in [2.45, 2.75) is 13.1 Å².